The molecule has 0 aromatic heterocycles. The van der Waals surface area contributed by atoms with E-state index < -0.39 is 5.60 Å². The summed E-state index contributed by atoms with van der Waals surface area (Å²) in [5.41, 5.74) is -0.584. The van der Waals surface area contributed by atoms with Gasteiger partial charge in [0.15, 0.2) is 5.96 Å². The molecule has 156 valence electrons. The zero-order valence-corrected chi connectivity index (χ0v) is 19.2. The number of rotatable bonds is 5. The number of aliphatic imine (C=N–C) groups is 1. The molecule has 2 heterocycles. The second-order valence-corrected chi connectivity index (χ2v) is 7.98. The Kier molecular flexibility index (Phi) is 8.61. The number of hydrogen-bond donors (Lipinski definition) is 2. The van der Waals surface area contributed by atoms with Gasteiger partial charge in [0.25, 0.3) is 0 Å². The van der Waals surface area contributed by atoms with Crippen LogP contribution in [0.2, 0.25) is 0 Å². The lowest BCUT2D eigenvalue weighted by atomic mass is 9.80. The first-order valence-corrected chi connectivity index (χ1v) is 10.3. The van der Waals surface area contributed by atoms with Gasteiger partial charge in [-0.15, -0.1) is 24.0 Å². The number of nitrogens with zero attached hydrogens (tertiary/aromatic N) is 4. The molecule has 2 saturated heterocycles. The quantitative estimate of drug-likeness (QED) is 0.341. The molecule has 0 bridgehead atoms. The van der Waals surface area contributed by atoms with Crippen molar-refractivity contribution in [1.29, 1.82) is 0 Å². The minimum absolute atomic E-state index is 0. The second kappa shape index (κ2) is 10.2. The fourth-order valence-electron chi connectivity index (χ4n) is 4.07. The Hall–Kier alpha value is -0.610. The summed E-state index contributed by atoms with van der Waals surface area (Å²) in [5, 5.41) is 13.7. The summed E-state index contributed by atoms with van der Waals surface area (Å²) in [6.07, 6.45) is 5.10. The molecule has 3 fully saturated rings. The molecule has 1 aliphatic carbocycles. The van der Waals surface area contributed by atoms with Gasteiger partial charge in [-0.2, -0.15) is 0 Å². The van der Waals surface area contributed by atoms with Crippen molar-refractivity contribution < 1.29 is 9.90 Å². The zero-order valence-electron chi connectivity index (χ0n) is 16.8. The molecule has 1 amide bonds. The number of hydrogen-bond acceptors (Lipinski definition) is 4. The fraction of sp³-hybridized carbons (Fsp3) is 0.895. The Labute approximate surface area is 180 Å². The molecular formula is C19H36IN5O2. The lowest BCUT2D eigenvalue weighted by Gasteiger charge is -2.40. The van der Waals surface area contributed by atoms with Crippen molar-refractivity contribution in [2.75, 3.05) is 52.4 Å². The number of carbonyl (C=O) groups excluding carboxylic acids is 1. The van der Waals surface area contributed by atoms with Gasteiger partial charge >= 0.3 is 0 Å². The average molecular weight is 493 g/mol. The molecule has 0 aromatic rings. The molecule has 8 heteroatoms. The van der Waals surface area contributed by atoms with Crippen molar-refractivity contribution >= 4 is 35.8 Å². The van der Waals surface area contributed by atoms with E-state index in [0.29, 0.717) is 6.54 Å². The van der Waals surface area contributed by atoms with Gasteiger partial charge in [0.1, 0.15) is 0 Å². The van der Waals surface area contributed by atoms with Gasteiger partial charge in [-0.25, -0.2) is 0 Å². The highest BCUT2D eigenvalue weighted by Crippen LogP contribution is 2.31. The van der Waals surface area contributed by atoms with Crippen molar-refractivity contribution in [3.8, 4) is 0 Å². The van der Waals surface area contributed by atoms with Gasteiger partial charge in [-0.3, -0.25) is 14.7 Å². The molecular weight excluding hydrogens is 457 g/mol. The van der Waals surface area contributed by atoms with Crippen LogP contribution in [-0.4, -0.2) is 95.7 Å². The number of nitrogens with one attached hydrogen (secondary N) is 1. The third-order valence-corrected chi connectivity index (χ3v) is 6.08. The first-order valence-electron chi connectivity index (χ1n) is 10.3. The highest BCUT2D eigenvalue weighted by molar-refractivity contribution is 14.0. The van der Waals surface area contributed by atoms with Gasteiger partial charge in [0.2, 0.25) is 5.91 Å². The molecule has 3 aliphatic rings. The van der Waals surface area contributed by atoms with E-state index in [1.165, 1.54) is 0 Å². The lowest BCUT2D eigenvalue weighted by Crippen LogP contribution is -2.57. The molecule has 0 spiro atoms. The van der Waals surface area contributed by atoms with Crippen molar-refractivity contribution in [1.82, 2.24) is 20.0 Å². The van der Waals surface area contributed by atoms with Crippen LogP contribution in [0.1, 0.15) is 46.0 Å². The summed E-state index contributed by atoms with van der Waals surface area (Å²) >= 11 is 0. The molecule has 27 heavy (non-hydrogen) atoms. The summed E-state index contributed by atoms with van der Waals surface area (Å²) in [5.74, 6) is 1.18. The van der Waals surface area contributed by atoms with Crippen LogP contribution in [0.4, 0.5) is 0 Å². The SMILES string of the molecule is CCNC(=NCC1(O)CCC1)N1CCN(C(C)C(=O)N2CCCC2)CC1.I. The van der Waals surface area contributed by atoms with Gasteiger partial charge in [0.05, 0.1) is 18.2 Å². The fourth-order valence-corrected chi connectivity index (χ4v) is 4.07. The van der Waals surface area contributed by atoms with Crippen molar-refractivity contribution in [3.63, 3.8) is 0 Å². The Morgan fingerprint density at radius 3 is 2.22 bits per heavy atom. The van der Waals surface area contributed by atoms with Crippen molar-refractivity contribution in [3.05, 3.63) is 0 Å². The maximum Gasteiger partial charge on any atom is 0.239 e. The maximum atomic E-state index is 12.6. The molecule has 1 saturated carbocycles. The molecule has 1 unspecified atom stereocenters. The van der Waals surface area contributed by atoms with Gasteiger partial charge in [-0.05, 0) is 46.0 Å². The van der Waals surface area contributed by atoms with E-state index in [1.807, 2.05) is 11.8 Å². The van der Waals surface area contributed by atoms with E-state index in [9.17, 15) is 9.90 Å². The minimum atomic E-state index is -0.584. The predicted molar refractivity (Wildman–Crippen MR) is 119 cm³/mol. The Bertz CT molecular complexity index is 512. The topological polar surface area (TPSA) is 71.4 Å². The Morgan fingerprint density at radius 2 is 1.70 bits per heavy atom. The van der Waals surface area contributed by atoms with Crippen LogP contribution in [0, 0.1) is 0 Å². The van der Waals surface area contributed by atoms with Crippen LogP contribution < -0.4 is 5.32 Å². The molecule has 3 rings (SSSR count). The third-order valence-electron chi connectivity index (χ3n) is 6.08. The molecule has 1 atom stereocenters. The van der Waals surface area contributed by atoms with Gasteiger partial charge in [-0.1, -0.05) is 0 Å². The number of amides is 1. The standard InChI is InChI=1S/C19H35N5O2.HI/c1-3-20-18(21-15-19(26)7-6-8-19)24-13-11-22(12-14-24)16(2)17(25)23-9-4-5-10-23;/h16,26H,3-15H2,1-2H3,(H,20,21);1H. The summed E-state index contributed by atoms with van der Waals surface area (Å²) < 4.78 is 0. The smallest absolute Gasteiger partial charge is 0.239 e. The number of piperazine rings is 1. The number of halogens is 1. The van der Waals surface area contributed by atoms with E-state index in [4.69, 9.17) is 0 Å². The van der Waals surface area contributed by atoms with Crippen LogP contribution in [0.3, 0.4) is 0 Å². The van der Waals surface area contributed by atoms with Gasteiger partial charge < -0.3 is 20.2 Å². The average Bonchev–Trinajstić information content (AvgIpc) is 3.17. The van der Waals surface area contributed by atoms with Crippen LogP contribution >= 0.6 is 24.0 Å². The first-order chi connectivity index (χ1) is 12.5. The second-order valence-electron chi connectivity index (χ2n) is 7.98. The Balaban J connectivity index is 0.00000261. The first kappa shape index (κ1) is 22.7. The van der Waals surface area contributed by atoms with E-state index in [-0.39, 0.29) is 35.9 Å². The van der Waals surface area contributed by atoms with Crippen LogP contribution in [-0.2, 0) is 4.79 Å². The summed E-state index contributed by atoms with van der Waals surface area (Å²) in [7, 11) is 0. The third kappa shape index (κ3) is 5.69. The number of guanidine groups is 1. The number of aliphatic hydroxyl groups is 1. The monoisotopic (exact) mass is 493 g/mol. The lowest BCUT2D eigenvalue weighted by molar-refractivity contribution is -0.135. The maximum absolute atomic E-state index is 12.6. The van der Waals surface area contributed by atoms with E-state index in [0.717, 1.165) is 83.9 Å². The molecule has 2 aliphatic heterocycles. The normalized spacial score (nSPS) is 24.2. The van der Waals surface area contributed by atoms with E-state index >= 15 is 0 Å². The summed E-state index contributed by atoms with van der Waals surface area (Å²) in [4.78, 5) is 23.9. The highest BCUT2D eigenvalue weighted by atomic mass is 127. The van der Waals surface area contributed by atoms with E-state index in [2.05, 4.69) is 27.0 Å². The minimum Gasteiger partial charge on any atom is -0.388 e. The number of carbonyl (C=O) groups is 1. The summed E-state index contributed by atoms with van der Waals surface area (Å²) in [6, 6.07) is -0.0366. The molecule has 2 N–H and O–H groups in total. The van der Waals surface area contributed by atoms with E-state index in [1.54, 1.807) is 0 Å². The number of likely N-dealkylation sites (tertiary alicyclic amines) is 1. The van der Waals surface area contributed by atoms with Gasteiger partial charge in [0, 0.05) is 45.8 Å². The zero-order chi connectivity index (χ0) is 18.6. The van der Waals surface area contributed by atoms with Crippen molar-refractivity contribution in [2.45, 2.75) is 57.6 Å². The molecule has 0 aromatic carbocycles. The highest BCUT2D eigenvalue weighted by Gasteiger charge is 2.35. The van der Waals surface area contributed by atoms with Crippen molar-refractivity contribution in [2.24, 2.45) is 4.99 Å². The largest absolute Gasteiger partial charge is 0.388 e. The van der Waals surface area contributed by atoms with Crippen LogP contribution in [0.25, 0.3) is 0 Å². The summed E-state index contributed by atoms with van der Waals surface area (Å²) in [6.45, 7) is 10.7. The predicted octanol–water partition coefficient (Wildman–Crippen LogP) is 1.11. The Morgan fingerprint density at radius 1 is 1.07 bits per heavy atom. The van der Waals surface area contributed by atoms with Crippen LogP contribution in [0.5, 0.6) is 0 Å². The van der Waals surface area contributed by atoms with Crippen LogP contribution in [0.15, 0.2) is 4.99 Å². The molecule has 7 nitrogen and oxygen atoms in total. The molecule has 0 radical (unpaired) electrons.